The second kappa shape index (κ2) is 8.99. The number of rotatable bonds is 6. The zero-order valence-corrected chi connectivity index (χ0v) is 16.3. The van der Waals surface area contributed by atoms with Crippen molar-refractivity contribution < 1.29 is 9.13 Å². The van der Waals surface area contributed by atoms with Gasteiger partial charge in [-0.15, -0.1) is 10.2 Å². The zero-order valence-electron chi connectivity index (χ0n) is 16.3. The normalized spacial score (nSPS) is 11.5. The second-order valence-corrected chi connectivity index (χ2v) is 6.38. The highest BCUT2D eigenvalue weighted by Gasteiger charge is 2.08. The summed E-state index contributed by atoms with van der Waals surface area (Å²) in [6, 6.07) is 14.0. The van der Waals surface area contributed by atoms with Crippen LogP contribution in [0.15, 0.2) is 72.1 Å². The highest BCUT2D eigenvalue weighted by molar-refractivity contribution is 5.79. The lowest BCUT2D eigenvalue weighted by Gasteiger charge is -2.12. The largest absolute Gasteiger partial charge is 0.453 e. The van der Waals surface area contributed by atoms with Gasteiger partial charge in [0.2, 0.25) is 0 Å². The first-order valence-electron chi connectivity index (χ1n) is 9.32. The lowest BCUT2D eigenvalue weighted by molar-refractivity contribution is 0.440. The molecule has 0 spiro atoms. The summed E-state index contributed by atoms with van der Waals surface area (Å²) in [5, 5.41) is 14.6. The molecule has 0 saturated carbocycles. The fourth-order valence-corrected chi connectivity index (χ4v) is 2.85. The number of hydrogen-bond acceptors (Lipinski definition) is 5. The fourth-order valence-electron chi connectivity index (χ4n) is 2.85. The Kier molecular flexibility index (Phi) is 5.79. The molecule has 3 heterocycles. The third-order valence-electron chi connectivity index (χ3n) is 4.34. The van der Waals surface area contributed by atoms with Gasteiger partial charge in [0.05, 0.1) is 12.7 Å². The molecule has 0 atom stereocenters. The Labute approximate surface area is 172 Å². The highest BCUT2D eigenvalue weighted by atomic mass is 19.1. The number of pyridine rings is 2. The number of aromatic nitrogens is 4. The van der Waals surface area contributed by atoms with Crippen LogP contribution in [0.2, 0.25) is 0 Å². The number of guanidine groups is 1. The Hall–Kier alpha value is -4.01. The molecule has 0 amide bonds. The van der Waals surface area contributed by atoms with Crippen LogP contribution in [0.1, 0.15) is 11.4 Å². The monoisotopic (exact) mass is 405 g/mol. The van der Waals surface area contributed by atoms with Gasteiger partial charge >= 0.3 is 0 Å². The van der Waals surface area contributed by atoms with Crippen LogP contribution in [0, 0.1) is 5.82 Å². The van der Waals surface area contributed by atoms with Crippen LogP contribution in [0.3, 0.4) is 0 Å². The Morgan fingerprint density at radius 1 is 1.10 bits per heavy atom. The molecule has 9 heteroatoms. The molecule has 0 aliphatic carbocycles. The maximum atomic E-state index is 14.4. The molecule has 0 saturated heterocycles. The molecular weight excluding hydrogens is 385 g/mol. The van der Waals surface area contributed by atoms with Gasteiger partial charge in [0, 0.05) is 26.0 Å². The Morgan fingerprint density at radius 3 is 2.80 bits per heavy atom. The maximum Gasteiger partial charge on any atom is 0.191 e. The van der Waals surface area contributed by atoms with Crippen molar-refractivity contribution in [3.63, 3.8) is 0 Å². The van der Waals surface area contributed by atoms with E-state index < -0.39 is 5.82 Å². The van der Waals surface area contributed by atoms with Crippen LogP contribution >= 0.6 is 0 Å². The van der Waals surface area contributed by atoms with Crippen molar-refractivity contribution in [2.75, 3.05) is 7.05 Å². The molecule has 8 nitrogen and oxygen atoms in total. The van der Waals surface area contributed by atoms with Crippen molar-refractivity contribution in [1.82, 2.24) is 30.2 Å². The summed E-state index contributed by atoms with van der Waals surface area (Å²) in [7, 11) is 1.67. The SMILES string of the molecule is CN=C(NCc1ccc(Oc2cccnc2)c(F)c1)NCc1nnc2ccccn12. The molecule has 3 aromatic heterocycles. The van der Waals surface area contributed by atoms with Crippen LogP contribution in [-0.4, -0.2) is 32.6 Å². The van der Waals surface area contributed by atoms with Crippen molar-refractivity contribution in [2.45, 2.75) is 13.1 Å². The molecule has 30 heavy (non-hydrogen) atoms. The summed E-state index contributed by atoms with van der Waals surface area (Å²) < 4.78 is 21.8. The lowest BCUT2D eigenvalue weighted by atomic mass is 10.2. The Bertz CT molecular complexity index is 1160. The molecule has 0 aliphatic rings. The van der Waals surface area contributed by atoms with E-state index in [2.05, 4.69) is 30.8 Å². The molecule has 0 radical (unpaired) electrons. The van der Waals surface area contributed by atoms with Gasteiger partial charge in [-0.2, -0.15) is 0 Å². The van der Waals surface area contributed by atoms with E-state index >= 15 is 0 Å². The summed E-state index contributed by atoms with van der Waals surface area (Å²) in [5.41, 5.74) is 1.53. The number of halogens is 1. The van der Waals surface area contributed by atoms with Gasteiger partial charge in [0.25, 0.3) is 0 Å². The van der Waals surface area contributed by atoms with E-state index in [1.165, 1.54) is 12.3 Å². The van der Waals surface area contributed by atoms with Gasteiger partial charge in [0.15, 0.2) is 29.0 Å². The van der Waals surface area contributed by atoms with Crippen molar-refractivity contribution >= 4 is 11.6 Å². The van der Waals surface area contributed by atoms with E-state index in [1.807, 2.05) is 28.8 Å². The van der Waals surface area contributed by atoms with E-state index in [4.69, 9.17) is 4.74 Å². The number of hydrogen-bond donors (Lipinski definition) is 2. The van der Waals surface area contributed by atoms with E-state index in [1.54, 1.807) is 37.5 Å². The van der Waals surface area contributed by atoms with Gasteiger partial charge in [-0.25, -0.2) is 4.39 Å². The number of nitrogens with zero attached hydrogens (tertiary/aromatic N) is 5. The van der Waals surface area contributed by atoms with Crippen LogP contribution < -0.4 is 15.4 Å². The first-order valence-corrected chi connectivity index (χ1v) is 9.32. The molecule has 4 rings (SSSR count). The lowest BCUT2D eigenvalue weighted by Crippen LogP contribution is -2.36. The summed E-state index contributed by atoms with van der Waals surface area (Å²) in [5.74, 6) is 1.51. The number of ether oxygens (including phenoxy) is 1. The van der Waals surface area contributed by atoms with Crippen molar-refractivity contribution in [3.05, 3.63) is 84.3 Å². The summed E-state index contributed by atoms with van der Waals surface area (Å²) in [6.07, 6.45) is 5.06. The average Bonchev–Trinajstić information content (AvgIpc) is 3.19. The molecule has 0 aliphatic heterocycles. The van der Waals surface area contributed by atoms with E-state index in [9.17, 15) is 4.39 Å². The minimum atomic E-state index is -0.448. The molecule has 1 aromatic carbocycles. The highest BCUT2D eigenvalue weighted by Crippen LogP contribution is 2.24. The predicted octanol–water partition coefficient (Wildman–Crippen LogP) is 2.92. The van der Waals surface area contributed by atoms with Gasteiger partial charge in [0.1, 0.15) is 5.75 Å². The Balaban J connectivity index is 1.34. The number of benzene rings is 1. The third kappa shape index (κ3) is 4.52. The average molecular weight is 405 g/mol. The van der Waals surface area contributed by atoms with E-state index in [0.29, 0.717) is 24.8 Å². The minimum Gasteiger partial charge on any atom is -0.453 e. The molecule has 4 aromatic rings. The molecule has 152 valence electrons. The van der Waals surface area contributed by atoms with Gasteiger partial charge in [-0.05, 0) is 42.0 Å². The predicted molar refractivity (Wildman–Crippen MR) is 111 cm³/mol. The van der Waals surface area contributed by atoms with Crippen LogP contribution in [0.4, 0.5) is 4.39 Å². The molecule has 2 N–H and O–H groups in total. The maximum absolute atomic E-state index is 14.4. The summed E-state index contributed by atoms with van der Waals surface area (Å²) >= 11 is 0. The molecule has 0 fully saturated rings. The van der Waals surface area contributed by atoms with Crippen LogP contribution in [0.25, 0.3) is 5.65 Å². The standard InChI is InChI=1S/C21H20FN7O/c1-23-21(26-14-20-28-27-19-6-2-3-10-29(19)20)25-12-15-7-8-18(17(22)11-15)30-16-5-4-9-24-13-16/h2-11,13H,12,14H2,1H3,(H2,23,25,26). The fraction of sp³-hybridized carbons (Fsp3) is 0.143. The number of aliphatic imine (C=N–C) groups is 1. The topological polar surface area (TPSA) is 88.7 Å². The van der Waals surface area contributed by atoms with E-state index in [-0.39, 0.29) is 5.75 Å². The van der Waals surface area contributed by atoms with Gasteiger partial charge in [-0.3, -0.25) is 14.4 Å². The van der Waals surface area contributed by atoms with Gasteiger partial charge < -0.3 is 15.4 Å². The Morgan fingerprint density at radius 2 is 2.00 bits per heavy atom. The summed E-state index contributed by atoms with van der Waals surface area (Å²) in [4.78, 5) is 8.14. The number of nitrogens with one attached hydrogen (secondary N) is 2. The van der Waals surface area contributed by atoms with Crippen molar-refractivity contribution in [1.29, 1.82) is 0 Å². The van der Waals surface area contributed by atoms with Gasteiger partial charge in [-0.1, -0.05) is 12.1 Å². The van der Waals surface area contributed by atoms with Crippen molar-refractivity contribution in [2.24, 2.45) is 4.99 Å². The van der Waals surface area contributed by atoms with Crippen LogP contribution in [0.5, 0.6) is 11.5 Å². The number of fused-ring (bicyclic) bond motifs is 1. The quantitative estimate of drug-likeness (QED) is 0.379. The smallest absolute Gasteiger partial charge is 0.191 e. The third-order valence-corrected chi connectivity index (χ3v) is 4.34. The summed E-state index contributed by atoms with van der Waals surface area (Å²) in [6.45, 7) is 0.835. The van der Waals surface area contributed by atoms with Crippen molar-refractivity contribution in [3.8, 4) is 11.5 Å². The minimum absolute atomic E-state index is 0.146. The molecule has 0 unspecified atom stereocenters. The zero-order chi connectivity index (χ0) is 20.8. The second-order valence-electron chi connectivity index (χ2n) is 6.38. The molecule has 0 bridgehead atoms. The first-order chi connectivity index (χ1) is 14.7. The molecular formula is C21H20FN7O. The first kappa shape index (κ1) is 19.3. The van der Waals surface area contributed by atoms with E-state index in [0.717, 1.165) is 17.0 Å². The van der Waals surface area contributed by atoms with Crippen LogP contribution in [-0.2, 0) is 13.1 Å².